The quantitative estimate of drug-likeness (QED) is 0.754. The van der Waals surface area contributed by atoms with E-state index in [0.717, 1.165) is 26.2 Å². The summed E-state index contributed by atoms with van der Waals surface area (Å²) in [5.74, 6) is -0.922. The Hall–Kier alpha value is -0.650. The molecule has 3 atom stereocenters. The molecule has 0 radical (unpaired) electrons. The van der Waals surface area contributed by atoms with E-state index in [9.17, 15) is 4.79 Å². The number of carboxylic acid groups (broad SMARTS) is 1. The summed E-state index contributed by atoms with van der Waals surface area (Å²) >= 11 is 0. The molecule has 0 spiro atoms. The van der Waals surface area contributed by atoms with E-state index in [1.807, 2.05) is 0 Å². The second kappa shape index (κ2) is 5.99. The molecule has 1 aliphatic rings. The van der Waals surface area contributed by atoms with Gasteiger partial charge in [0.25, 0.3) is 0 Å². The van der Waals surface area contributed by atoms with E-state index in [0.29, 0.717) is 12.5 Å². The van der Waals surface area contributed by atoms with Crippen LogP contribution in [0, 0.1) is 0 Å². The zero-order valence-corrected chi connectivity index (χ0v) is 12.0. The molecule has 0 saturated carbocycles. The maximum Gasteiger partial charge on any atom is 0.323 e. The molecule has 3 unspecified atom stereocenters. The molecular weight excluding hydrogens is 230 g/mol. The summed E-state index contributed by atoms with van der Waals surface area (Å²) < 4.78 is 0. The van der Waals surface area contributed by atoms with Gasteiger partial charge in [0.1, 0.15) is 5.54 Å². The summed E-state index contributed by atoms with van der Waals surface area (Å²) in [4.78, 5) is 15.8. The Kier molecular flexibility index (Phi) is 5.13. The number of aliphatic carboxylic acids is 1. The number of carboxylic acids is 1. The van der Waals surface area contributed by atoms with Gasteiger partial charge in [-0.3, -0.25) is 14.6 Å². The van der Waals surface area contributed by atoms with Gasteiger partial charge in [0.2, 0.25) is 0 Å². The second-order valence-corrected chi connectivity index (χ2v) is 5.75. The van der Waals surface area contributed by atoms with E-state index in [4.69, 9.17) is 10.8 Å². The Labute approximate surface area is 110 Å². The van der Waals surface area contributed by atoms with Crippen LogP contribution in [0.1, 0.15) is 34.1 Å². The molecule has 1 saturated heterocycles. The molecule has 1 fully saturated rings. The smallest absolute Gasteiger partial charge is 0.323 e. The standard InChI is InChI=1S/C13H27N3O2/c1-5-15-6-7-16(9-11(15)3)10(2)8-13(4,14)12(17)18/h10-11H,5-9,14H2,1-4H3,(H,17,18). The summed E-state index contributed by atoms with van der Waals surface area (Å²) in [6.45, 7) is 12.2. The molecule has 0 aromatic rings. The first kappa shape index (κ1) is 15.4. The number of nitrogens with zero attached hydrogens (tertiary/aromatic N) is 2. The lowest BCUT2D eigenvalue weighted by Crippen LogP contribution is -2.57. The molecule has 0 aromatic heterocycles. The van der Waals surface area contributed by atoms with Crippen LogP contribution < -0.4 is 5.73 Å². The number of nitrogens with two attached hydrogens (primary N) is 1. The Bertz CT molecular complexity index is 294. The minimum Gasteiger partial charge on any atom is -0.480 e. The van der Waals surface area contributed by atoms with Crippen molar-refractivity contribution in [2.75, 3.05) is 26.2 Å². The van der Waals surface area contributed by atoms with Crippen LogP contribution in [0.15, 0.2) is 0 Å². The van der Waals surface area contributed by atoms with Crippen LogP contribution in [-0.4, -0.2) is 64.7 Å². The van der Waals surface area contributed by atoms with Crippen molar-refractivity contribution in [3.05, 3.63) is 0 Å². The van der Waals surface area contributed by atoms with Crippen molar-refractivity contribution in [1.82, 2.24) is 9.80 Å². The van der Waals surface area contributed by atoms with Crippen LogP contribution in [0.4, 0.5) is 0 Å². The summed E-state index contributed by atoms with van der Waals surface area (Å²) in [7, 11) is 0. The van der Waals surface area contributed by atoms with Gasteiger partial charge in [-0.05, 0) is 33.7 Å². The molecule has 5 heteroatoms. The molecule has 0 bridgehead atoms. The van der Waals surface area contributed by atoms with Crippen LogP contribution in [0.5, 0.6) is 0 Å². The summed E-state index contributed by atoms with van der Waals surface area (Å²) in [6.07, 6.45) is 0.487. The lowest BCUT2D eigenvalue weighted by Gasteiger charge is -2.43. The first-order valence-corrected chi connectivity index (χ1v) is 6.78. The molecule has 1 rings (SSSR count). The maximum atomic E-state index is 11.1. The second-order valence-electron chi connectivity index (χ2n) is 5.75. The van der Waals surface area contributed by atoms with Gasteiger partial charge in [-0.1, -0.05) is 6.92 Å². The van der Waals surface area contributed by atoms with E-state index in [2.05, 4.69) is 30.6 Å². The predicted octanol–water partition coefficient (Wildman–Crippen LogP) is 0.593. The highest BCUT2D eigenvalue weighted by Crippen LogP contribution is 2.18. The average molecular weight is 257 g/mol. The van der Waals surface area contributed by atoms with Gasteiger partial charge in [-0.2, -0.15) is 0 Å². The largest absolute Gasteiger partial charge is 0.480 e. The van der Waals surface area contributed by atoms with Gasteiger partial charge in [-0.15, -0.1) is 0 Å². The van der Waals surface area contributed by atoms with Crippen molar-refractivity contribution in [2.45, 2.75) is 51.7 Å². The molecular formula is C13H27N3O2. The molecule has 18 heavy (non-hydrogen) atoms. The lowest BCUT2D eigenvalue weighted by molar-refractivity contribution is -0.143. The van der Waals surface area contributed by atoms with Crippen LogP contribution >= 0.6 is 0 Å². The third kappa shape index (κ3) is 3.67. The number of rotatable bonds is 5. The first-order chi connectivity index (χ1) is 8.27. The number of hydrogen-bond acceptors (Lipinski definition) is 4. The zero-order valence-electron chi connectivity index (χ0n) is 12.0. The lowest BCUT2D eigenvalue weighted by atomic mass is 9.93. The van der Waals surface area contributed by atoms with Gasteiger partial charge < -0.3 is 10.8 Å². The Morgan fingerprint density at radius 1 is 1.56 bits per heavy atom. The van der Waals surface area contributed by atoms with Crippen molar-refractivity contribution in [2.24, 2.45) is 5.73 Å². The van der Waals surface area contributed by atoms with E-state index in [-0.39, 0.29) is 6.04 Å². The van der Waals surface area contributed by atoms with Crippen LogP contribution in [0.2, 0.25) is 0 Å². The fraction of sp³-hybridized carbons (Fsp3) is 0.923. The molecule has 1 aliphatic heterocycles. The van der Waals surface area contributed by atoms with Gasteiger partial charge >= 0.3 is 5.97 Å². The van der Waals surface area contributed by atoms with Crippen molar-refractivity contribution < 1.29 is 9.90 Å². The number of hydrogen-bond donors (Lipinski definition) is 2. The summed E-state index contributed by atoms with van der Waals surface area (Å²) in [5.41, 5.74) is 4.68. The van der Waals surface area contributed by atoms with Crippen molar-refractivity contribution in [3.8, 4) is 0 Å². The molecule has 5 nitrogen and oxygen atoms in total. The summed E-state index contributed by atoms with van der Waals surface area (Å²) in [5, 5.41) is 9.07. The minimum atomic E-state index is -1.13. The predicted molar refractivity (Wildman–Crippen MR) is 72.6 cm³/mol. The highest BCUT2D eigenvalue weighted by Gasteiger charge is 2.33. The normalized spacial score (nSPS) is 27.7. The average Bonchev–Trinajstić information content (AvgIpc) is 2.28. The van der Waals surface area contributed by atoms with Crippen molar-refractivity contribution in [3.63, 3.8) is 0 Å². The fourth-order valence-corrected chi connectivity index (χ4v) is 2.72. The molecule has 0 aliphatic carbocycles. The minimum absolute atomic E-state index is 0.206. The fourth-order valence-electron chi connectivity index (χ4n) is 2.72. The van der Waals surface area contributed by atoms with Gasteiger partial charge in [0.15, 0.2) is 0 Å². The number of carbonyl (C=O) groups is 1. The van der Waals surface area contributed by atoms with E-state index >= 15 is 0 Å². The highest BCUT2D eigenvalue weighted by atomic mass is 16.4. The van der Waals surface area contributed by atoms with E-state index in [1.165, 1.54) is 0 Å². The molecule has 0 aromatic carbocycles. The Morgan fingerprint density at radius 3 is 2.61 bits per heavy atom. The van der Waals surface area contributed by atoms with Crippen LogP contribution in [-0.2, 0) is 4.79 Å². The Morgan fingerprint density at radius 2 is 2.17 bits per heavy atom. The molecule has 3 N–H and O–H groups in total. The molecule has 0 amide bonds. The van der Waals surface area contributed by atoms with Gasteiger partial charge in [-0.25, -0.2) is 0 Å². The first-order valence-electron chi connectivity index (χ1n) is 6.78. The van der Waals surface area contributed by atoms with Gasteiger partial charge in [0, 0.05) is 31.7 Å². The number of piperazine rings is 1. The molecule has 106 valence electrons. The SMILES string of the molecule is CCN1CCN(C(C)CC(C)(N)C(=O)O)CC1C. The van der Waals surface area contributed by atoms with E-state index < -0.39 is 11.5 Å². The van der Waals surface area contributed by atoms with E-state index in [1.54, 1.807) is 6.92 Å². The third-order valence-corrected chi connectivity index (χ3v) is 4.03. The zero-order chi connectivity index (χ0) is 13.9. The van der Waals surface area contributed by atoms with Gasteiger partial charge in [0.05, 0.1) is 0 Å². The van der Waals surface area contributed by atoms with Crippen molar-refractivity contribution >= 4 is 5.97 Å². The monoisotopic (exact) mass is 257 g/mol. The van der Waals surface area contributed by atoms with Crippen LogP contribution in [0.25, 0.3) is 0 Å². The third-order valence-electron chi connectivity index (χ3n) is 4.03. The molecule has 1 heterocycles. The number of likely N-dealkylation sites (N-methyl/N-ethyl adjacent to an activating group) is 1. The topological polar surface area (TPSA) is 69.8 Å². The highest BCUT2D eigenvalue weighted by molar-refractivity contribution is 5.77. The van der Waals surface area contributed by atoms with Crippen LogP contribution in [0.3, 0.4) is 0 Å². The maximum absolute atomic E-state index is 11.1. The van der Waals surface area contributed by atoms with Crippen molar-refractivity contribution in [1.29, 1.82) is 0 Å². The Balaban J connectivity index is 2.54. The summed E-state index contributed by atoms with van der Waals surface area (Å²) in [6, 6.07) is 0.734.